The van der Waals surface area contributed by atoms with E-state index in [0.717, 1.165) is 0 Å². The average molecular weight is 379 g/mol. The second kappa shape index (κ2) is 8.04. The standard InChI is InChI=1S/C21H21N3O4/c1-13(2)17(21(27)28-3)22-19(25)18-15-11-7-8-12-16(15)20(26)24(23-18)14-9-5-4-6-10-14/h4-13,17H,1-3H3,(H,22,25)/t17-/m0/s1. The Kier molecular flexibility index (Phi) is 5.54. The zero-order valence-corrected chi connectivity index (χ0v) is 15.9. The van der Waals surface area contributed by atoms with Crippen LogP contribution >= 0.6 is 0 Å². The highest BCUT2D eigenvalue weighted by atomic mass is 16.5. The number of rotatable bonds is 5. The van der Waals surface area contributed by atoms with E-state index in [2.05, 4.69) is 10.4 Å². The molecular weight excluding hydrogens is 358 g/mol. The van der Waals surface area contributed by atoms with Crippen LogP contribution in [0.15, 0.2) is 59.4 Å². The number of nitrogens with one attached hydrogen (secondary N) is 1. The first-order valence-electron chi connectivity index (χ1n) is 8.90. The van der Waals surface area contributed by atoms with Gasteiger partial charge >= 0.3 is 5.97 Å². The molecule has 3 aromatic rings. The summed E-state index contributed by atoms with van der Waals surface area (Å²) in [7, 11) is 1.27. The van der Waals surface area contributed by atoms with E-state index in [1.54, 1.807) is 62.4 Å². The Morgan fingerprint density at radius 3 is 2.21 bits per heavy atom. The van der Waals surface area contributed by atoms with Gasteiger partial charge in [0.2, 0.25) is 0 Å². The minimum absolute atomic E-state index is 0.0635. The number of carbonyl (C=O) groups excluding carboxylic acids is 2. The van der Waals surface area contributed by atoms with Crippen molar-refractivity contribution < 1.29 is 14.3 Å². The smallest absolute Gasteiger partial charge is 0.328 e. The quantitative estimate of drug-likeness (QED) is 0.687. The van der Waals surface area contributed by atoms with Crippen LogP contribution in [0.2, 0.25) is 0 Å². The van der Waals surface area contributed by atoms with Gasteiger partial charge in [-0.3, -0.25) is 9.59 Å². The summed E-state index contributed by atoms with van der Waals surface area (Å²) in [4.78, 5) is 37.9. The average Bonchev–Trinajstić information content (AvgIpc) is 2.72. The molecular formula is C21H21N3O4. The fourth-order valence-electron chi connectivity index (χ4n) is 2.94. The predicted molar refractivity (Wildman–Crippen MR) is 105 cm³/mol. The van der Waals surface area contributed by atoms with Crippen LogP contribution in [0.1, 0.15) is 24.3 Å². The number of esters is 1. The molecule has 0 fully saturated rings. The maximum Gasteiger partial charge on any atom is 0.328 e. The molecule has 7 heteroatoms. The molecule has 144 valence electrons. The van der Waals surface area contributed by atoms with Crippen LogP contribution in [-0.4, -0.2) is 34.8 Å². The predicted octanol–water partition coefficient (Wildman–Crippen LogP) is 2.31. The molecule has 0 radical (unpaired) electrons. The number of aromatic nitrogens is 2. The molecule has 1 aromatic heterocycles. The summed E-state index contributed by atoms with van der Waals surface area (Å²) >= 11 is 0. The number of hydrogen-bond donors (Lipinski definition) is 1. The Bertz CT molecular complexity index is 1070. The molecule has 1 amide bonds. The maximum atomic E-state index is 13.0. The minimum Gasteiger partial charge on any atom is -0.467 e. The third-order valence-corrected chi connectivity index (χ3v) is 4.43. The van der Waals surface area contributed by atoms with E-state index in [9.17, 15) is 14.4 Å². The van der Waals surface area contributed by atoms with Crippen molar-refractivity contribution >= 4 is 22.6 Å². The summed E-state index contributed by atoms with van der Waals surface area (Å²) < 4.78 is 5.98. The summed E-state index contributed by atoms with van der Waals surface area (Å²) in [6, 6.07) is 14.8. The molecule has 1 N–H and O–H groups in total. The van der Waals surface area contributed by atoms with Gasteiger partial charge in [0, 0.05) is 5.39 Å². The summed E-state index contributed by atoms with van der Waals surface area (Å²) in [6.45, 7) is 3.61. The Morgan fingerprint density at radius 1 is 1.00 bits per heavy atom. The van der Waals surface area contributed by atoms with Crippen molar-refractivity contribution in [3.63, 3.8) is 0 Å². The number of ether oxygens (including phenoxy) is 1. The molecule has 0 spiro atoms. The first-order chi connectivity index (χ1) is 13.4. The van der Waals surface area contributed by atoms with Gasteiger partial charge in [-0.15, -0.1) is 0 Å². The number of hydrogen-bond acceptors (Lipinski definition) is 5. The molecule has 2 aromatic carbocycles. The van der Waals surface area contributed by atoms with E-state index in [-0.39, 0.29) is 17.2 Å². The first-order valence-corrected chi connectivity index (χ1v) is 8.90. The van der Waals surface area contributed by atoms with E-state index in [1.165, 1.54) is 11.8 Å². The van der Waals surface area contributed by atoms with Gasteiger partial charge in [0.25, 0.3) is 11.5 Å². The van der Waals surface area contributed by atoms with Crippen LogP contribution in [0, 0.1) is 5.92 Å². The van der Waals surface area contributed by atoms with Crippen LogP contribution in [0.25, 0.3) is 16.5 Å². The van der Waals surface area contributed by atoms with E-state index in [4.69, 9.17) is 4.74 Å². The monoisotopic (exact) mass is 379 g/mol. The maximum absolute atomic E-state index is 13.0. The van der Waals surface area contributed by atoms with E-state index in [0.29, 0.717) is 16.5 Å². The first kappa shape index (κ1) is 19.3. The van der Waals surface area contributed by atoms with Crippen LogP contribution in [0.3, 0.4) is 0 Å². The Labute approximate surface area is 161 Å². The van der Waals surface area contributed by atoms with Crippen molar-refractivity contribution in [2.45, 2.75) is 19.9 Å². The number of carbonyl (C=O) groups is 2. The summed E-state index contributed by atoms with van der Waals surface area (Å²) in [5.74, 6) is -1.27. The van der Waals surface area contributed by atoms with Crippen LogP contribution in [0.4, 0.5) is 0 Å². The zero-order chi connectivity index (χ0) is 20.3. The fraction of sp³-hybridized carbons (Fsp3) is 0.238. The Balaban J connectivity index is 2.15. The van der Waals surface area contributed by atoms with Crippen molar-refractivity contribution in [3.8, 4) is 5.69 Å². The highest BCUT2D eigenvalue weighted by Gasteiger charge is 2.27. The lowest BCUT2D eigenvalue weighted by Gasteiger charge is -2.20. The molecule has 28 heavy (non-hydrogen) atoms. The number of nitrogens with zero attached hydrogens (tertiary/aromatic N) is 2. The van der Waals surface area contributed by atoms with Gasteiger partial charge in [-0.05, 0) is 24.1 Å². The number of amides is 1. The van der Waals surface area contributed by atoms with Crippen molar-refractivity contribution in [1.82, 2.24) is 15.1 Å². The normalized spacial score (nSPS) is 12.0. The van der Waals surface area contributed by atoms with Gasteiger partial charge in [0.05, 0.1) is 18.2 Å². The summed E-state index contributed by atoms with van der Waals surface area (Å²) in [5, 5.41) is 7.78. The highest BCUT2D eigenvalue weighted by molar-refractivity contribution is 6.06. The van der Waals surface area contributed by atoms with Crippen LogP contribution in [-0.2, 0) is 9.53 Å². The van der Waals surface area contributed by atoms with E-state index >= 15 is 0 Å². The number of benzene rings is 2. The lowest BCUT2D eigenvalue weighted by atomic mass is 10.0. The molecule has 0 bridgehead atoms. The second-order valence-electron chi connectivity index (χ2n) is 6.67. The molecule has 1 heterocycles. The van der Waals surface area contributed by atoms with Gasteiger partial charge in [-0.2, -0.15) is 9.78 Å². The molecule has 0 saturated carbocycles. The fourth-order valence-corrected chi connectivity index (χ4v) is 2.94. The minimum atomic E-state index is -0.824. The number of methoxy groups -OCH3 is 1. The molecule has 1 atom stereocenters. The van der Waals surface area contributed by atoms with Crippen molar-refractivity contribution in [3.05, 3.63) is 70.6 Å². The van der Waals surface area contributed by atoms with Crippen LogP contribution < -0.4 is 10.9 Å². The summed E-state index contributed by atoms with van der Waals surface area (Å²) in [6.07, 6.45) is 0. The molecule has 3 rings (SSSR count). The third-order valence-electron chi connectivity index (χ3n) is 4.43. The molecule has 0 unspecified atom stereocenters. The zero-order valence-electron chi connectivity index (χ0n) is 15.9. The Hall–Kier alpha value is -3.48. The van der Waals surface area contributed by atoms with Gasteiger partial charge in [-0.1, -0.05) is 50.2 Å². The van der Waals surface area contributed by atoms with Crippen molar-refractivity contribution in [1.29, 1.82) is 0 Å². The van der Waals surface area contributed by atoms with Gasteiger partial charge in [-0.25, -0.2) is 4.79 Å². The SMILES string of the molecule is COC(=O)[C@@H](NC(=O)c1nn(-c2ccccc2)c(=O)c2ccccc12)C(C)C. The Morgan fingerprint density at radius 2 is 1.61 bits per heavy atom. The van der Waals surface area contributed by atoms with Crippen molar-refractivity contribution in [2.24, 2.45) is 5.92 Å². The lowest BCUT2D eigenvalue weighted by molar-refractivity contribution is -0.144. The molecule has 0 aliphatic carbocycles. The van der Waals surface area contributed by atoms with E-state index < -0.39 is 17.9 Å². The second-order valence-corrected chi connectivity index (χ2v) is 6.67. The molecule has 0 aliphatic rings. The summed E-state index contributed by atoms with van der Waals surface area (Å²) in [5.41, 5.74) is 0.279. The van der Waals surface area contributed by atoms with E-state index in [1.807, 2.05) is 6.07 Å². The van der Waals surface area contributed by atoms with Gasteiger partial charge in [0.1, 0.15) is 6.04 Å². The lowest BCUT2D eigenvalue weighted by Crippen LogP contribution is -2.45. The molecule has 0 saturated heterocycles. The van der Waals surface area contributed by atoms with Crippen LogP contribution in [0.5, 0.6) is 0 Å². The molecule has 0 aliphatic heterocycles. The largest absolute Gasteiger partial charge is 0.467 e. The molecule has 7 nitrogen and oxygen atoms in total. The highest BCUT2D eigenvalue weighted by Crippen LogP contribution is 2.16. The number of fused-ring (bicyclic) bond motifs is 1. The topological polar surface area (TPSA) is 90.3 Å². The van der Waals surface area contributed by atoms with Gasteiger partial charge < -0.3 is 10.1 Å². The van der Waals surface area contributed by atoms with Crippen molar-refractivity contribution in [2.75, 3.05) is 7.11 Å². The number of para-hydroxylation sites is 1. The van der Waals surface area contributed by atoms with Gasteiger partial charge in [0.15, 0.2) is 5.69 Å². The third kappa shape index (κ3) is 3.64.